The number of hydrogen-bond acceptors (Lipinski definition) is 4. The van der Waals surface area contributed by atoms with Gasteiger partial charge in [-0.1, -0.05) is 59.3 Å². The SMILES string of the molecule is CC1C(=O)C(=O)C=C2C1=CC=C1[C@@]2(C)CC[C@@]2(C)[C@@H]3C[C@](C)(CN4CCNCC4)CC[C@]3(C)CC[C@]12C. The number of ketones is 2. The van der Waals surface area contributed by atoms with Crippen molar-refractivity contribution < 1.29 is 9.59 Å². The molecule has 4 fully saturated rings. The molecule has 0 radical (unpaired) electrons. The highest BCUT2D eigenvalue weighted by atomic mass is 16.2. The molecule has 1 unspecified atom stereocenters. The molecule has 37 heavy (non-hydrogen) atoms. The number of Topliss-reactive ketones (excluding diaryl/α,β-unsaturated/α-hetero) is 1. The summed E-state index contributed by atoms with van der Waals surface area (Å²) in [5.41, 5.74) is 4.77. The van der Waals surface area contributed by atoms with Crippen LogP contribution in [-0.4, -0.2) is 49.2 Å². The van der Waals surface area contributed by atoms with Gasteiger partial charge in [-0.2, -0.15) is 0 Å². The average molecular weight is 505 g/mol. The first-order valence-corrected chi connectivity index (χ1v) is 15.0. The van der Waals surface area contributed by atoms with Crippen LogP contribution in [0.1, 0.15) is 86.5 Å². The van der Waals surface area contributed by atoms with Crippen LogP contribution in [0.5, 0.6) is 0 Å². The summed E-state index contributed by atoms with van der Waals surface area (Å²) in [5.74, 6) is -0.157. The molecule has 3 saturated carbocycles. The molecule has 4 heteroatoms. The highest BCUT2D eigenvalue weighted by Gasteiger charge is 2.66. The van der Waals surface area contributed by atoms with Gasteiger partial charge in [0.05, 0.1) is 0 Å². The summed E-state index contributed by atoms with van der Waals surface area (Å²) in [6, 6.07) is 0. The molecular formula is C33H48N2O2. The van der Waals surface area contributed by atoms with Crippen molar-refractivity contribution in [3.63, 3.8) is 0 Å². The van der Waals surface area contributed by atoms with E-state index < -0.39 is 0 Å². The lowest BCUT2D eigenvalue weighted by atomic mass is 9.34. The molecule has 1 saturated heterocycles. The third-order valence-corrected chi connectivity index (χ3v) is 12.9. The molecule has 6 aliphatic rings. The van der Waals surface area contributed by atoms with Gasteiger partial charge in [0.1, 0.15) is 0 Å². The van der Waals surface area contributed by atoms with Gasteiger partial charge in [-0.25, -0.2) is 0 Å². The molecule has 0 aromatic carbocycles. The third-order valence-electron chi connectivity index (χ3n) is 12.9. The van der Waals surface area contributed by atoms with Crippen LogP contribution in [0.2, 0.25) is 0 Å². The van der Waals surface area contributed by atoms with Crippen LogP contribution in [0.4, 0.5) is 0 Å². The van der Waals surface area contributed by atoms with E-state index in [9.17, 15) is 9.59 Å². The largest absolute Gasteiger partial charge is 0.314 e. The van der Waals surface area contributed by atoms with Gasteiger partial charge < -0.3 is 10.2 Å². The van der Waals surface area contributed by atoms with Gasteiger partial charge in [0.15, 0.2) is 0 Å². The van der Waals surface area contributed by atoms with Crippen molar-refractivity contribution in [2.75, 3.05) is 32.7 Å². The predicted octanol–water partition coefficient (Wildman–Crippen LogP) is 5.89. The van der Waals surface area contributed by atoms with E-state index in [0.717, 1.165) is 30.7 Å². The van der Waals surface area contributed by atoms with Gasteiger partial charge in [-0.05, 0) is 89.7 Å². The number of fused-ring (bicyclic) bond motifs is 7. The molecule has 7 atom stereocenters. The average Bonchev–Trinajstić information content (AvgIpc) is 2.86. The molecule has 5 aliphatic carbocycles. The summed E-state index contributed by atoms with van der Waals surface area (Å²) < 4.78 is 0. The molecule has 0 amide bonds. The Morgan fingerprint density at radius 2 is 1.62 bits per heavy atom. The van der Waals surface area contributed by atoms with Gasteiger partial charge in [0.2, 0.25) is 11.6 Å². The smallest absolute Gasteiger partial charge is 0.222 e. The second kappa shape index (κ2) is 8.24. The van der Waals surface area contributed by atoms with E-state index in [1.54, 1.807) is 6.08 Å². The van der Waals surface area contributed by atoms with Gasteiger partial charge in [-0.15, -0.1) is 0 Å². The summed E-state index contributed by atoms with van der Waals surface area (Å²) in [5, 5.41) is 3.52. The minimum atomic E-state index is -0.318. The Morgan fingerprint density at radius 3 is 2.35 bits per heavy atom. The summed E-state index contributed by atoms with van der Waals surface area (Å²) in [6.07, 6.45) is 15.1. The lowest BCUT2D eigenvalue weighted by Gasteiger charge is -2.70. The van der Waals surface area contributed by atoms with Gasteiger partial charge >= 0.3 is 0 Å². The molecule has 6 rings (SSSR count). The van der Waals surface area contributed by atoms with Crippen LogP contribution in [0.15, 0.2) is 34.9 Å². The molecule has 1 heterocycles. The maximum Gasteiger partial charge on any atom is 0.222 e. The fourth-order valence-electron chi connectivity index (χ4n) is 10.2. The van der Waals surface area contributed by atoms with Crippen LogP contribution in [0.3, 0.4) is 0 Å². The van der Waals surface area contributed by atoms with E-state index in [0.29, 0.717) is 16.7 Å². The molecular weight excluding hydrogens is 456 g/mol. The summed E-state index contributed by atoms with van der Waals surface area (Å²) in [7, 11) is 0. The topological polar surface area (TPSA) is 49.4 Å². The minimum absolute atomic E-state index is 0.105. The molecule has 1 N–H and O–H groups in total. The molecule has 202 valence electrons. The van der Waals surface area contributed by atoms with Crippen LogP contribution in [-0.2, 0) is 9.59 Å². The zero-order valence-corrected chi connectivity index (χ0v) is 24.1. The zero-order chi connectivity index (χ0) is 26.4. The Balaban J connectivity index is 1.37. The first kappa shape index (κ1) is 25.7. The molecule has 0 bridgehead atoms. The Morgan fingerprint density at radius 1 is 0.919 bits per heavy atom. The second-order valence-corrected chi connectivity index (χ2v) is 15.0. The fraction of sp³-hybridized carbons (Fsp3) is 0.758. The number of carbonyl (C=O) groups excluding carboxylic acids is 2. The number of allylic oxidation sites excluding steroid dienone is 6. The first-order valence-electron chi connectivity index (χ1n) is 15.0. The van der Waals surface area contributed by atoms with E-state index in [1.165, 1.54) is 63.7 Å². The monoisotopic (exact) mass is 504 g/mol. The third kappa shape index (κ3) is 3.53. The van der Waals surface area contributed by atoms with E-state index in [-0.39, 0.29) is 33.7 Å². The van der Waals surface area contributed by atoms with Crippen LogP contribution < -0.4 is 5.32 Å². The maximum absolute atomic E-state index is 12.7. The van der Waals surface area contributed by atoms with Gasteiger partial charge in [0.25, 0.3) is 0 Å². The van der Waals surface area contributed by atoms with E-state index in [1.807, 2.05) is 6.92 Å². The predicted molar refractivity (Wildman–Crippen MR) is 149 cm³/mol. The normalized spacial score (nSPS) is 48.1. The highest BCUT2D eigenvalue weighted by Crippen LogP contribution is 2.75. The Kier molecular flexibility index (Phi) is 5.73. The Labute approximate surface area is 224 Å². The number of nitrogens with one attached hydrogen (secondary N) is 1. The summed E-state index contributed by atoms with van der Waals surface area (Å²) in [4.78, 5) is 27.9. The van der Waals surface area contributed by atoms with Crippen molar-refractivity contribution in [2.24, 2.45) is 38.9 Å². The molecule has 0 spiro atoms. The van der Waals surface area contributed by atoms with Crippen molar-refractivity contribution in [1.82, 2.24) is 10.2 Å². The van der Waals surface area contributed by atoms with Crippen molar-refractivity contribution >= 4 is 11.6 Å². The van der Waals surface area contributed by atoms with E-state index >= 15 is 0 Å². The van der Waals surface area contributed by atoms with Crippen molar-refractivity contribution in [2.45, 2.75) is 86.5 Å². The quantitative estimate of drug-likeness (QED) is 0.476. The maximum atomic E-state index is 12.7. The Bertz CT molecular complexity index is 1130. The van der Waals surface area contributed by atoms with Crippen molar-refractivity contribution in [3.05, 3.63) is 34.9 Å². The second-order valence-electron chi connectivity index (χ2n) is 15.0. The van der Waals surface area contributed by atoms with Gasteiger partial charge in [-0.3, -0.25) is 9.59 Å². The molecule has 0 aromatic heterocycles. The van der Waals surface area contributed by atoms with Crippen molar-refractivity contribution in [1.29, 1.82) is 0 Å². The van der Waals surface area contributed by atoms with Gasteiger partial charge in [0, 0.05) is 44.1 Å². The standard InChI is InChI=1S/C33H48N2O2/c1-22-23-7-8-26-31(4,24(23)19-25(36)28(22)37)12-14-33(6)27-20-29(2,21-35-17-15-34-16-18-35)9-10-30(27,3)11-13-32(26,33)5/h7-8,19,22,27,34H,9-18,20-21H2,1-6H3/t22?,27-,29-,30-,31+,32-,33+/m1/s1. The van der Waals surface area contributed by atoms with E-state index in [2.05, 4.69) is 57.0 Å². The highest BCUT2D eigenvalue weighted by molar-refractivity contribution is 6.44. The lowest BCUT2D eigenvalue weighted by molar-refractivity contribution is -0.163. The summed E-state index contributed by atoms with van der Waals surface area (Å²) in [6.45, 7) is 20.5. The number of nitrogens with zero attached hydrogens (tertiary/aromatic N) is 1. The molecule has 4 nitrogen and oxygen atoms in total. The van der Waals surface area contributed by atoms with Crippen molar-refractivity contribution in [3.8, 4) is 0 Å². The molecule has 0 aromatic rings. The Hall–Kier alpha value is -1.52. The van der Waals surface area contributed by atoms with Crippen LogP contribution >= 0.6 is 0 Å². The number of piperazine rings is 1. The number of carbonyl (C=O) groups is 2. The summed E-state index contributed by atoms with van der Waals surface area (Å²) >= 11 is 0. The lowest BCUT2D eigenvalue weighted by Crippen LogP contribution is -2.62. The minimum Gasteiger partial charge on any atom is -0.314 e. The van der Waals surface area contributed by atoms with Crippen LogP contribution in [0, 0.1) is 38.9 Å². The number of rotatable bonds is 2. The first-order chi connectivity index (χ1) is 17.4. The molecule has 1 aliphatic heterocycles. The number of hydrogen-bond donors (Lipinski definition) is 1. The zero-order valence-electron chi connectivity index (χ0n) is 24.1. The van der Waals surface area contributed by atoms with E-state index in [4.69, 9.17) is 0 Å². The van der Waals surface area contributed by atoms with Crippen LogP contribution in [0.25, 0.3) is 0 Å². The fourth-order valence-corrected chi connectivity index (χ4v) is 10.2.